The van der Waals surface area contributed by atoms with E-state index < -0.39 is 6.10 Å². The van der Waals surface area contributed by atoms with Crippen LogP contribution < -0.4 is 15.0 Å². The summed E-state index contributed by atoms with van der Waals surface area (Å²) >= 11 is 12.8. The highest BCUT2D eigenvalue weighted by atomic mass is 35.5. The predicted octanol–water partition coefficient (Wildman–Crippen LogP) is 3.08. The van der Waals surface area contributed by atoms with Gasteiger partial charge in [-0.05, 0) is 42.0 Å². The van der Waals surface area contributed by atoms with E-state index in [0.29, 0.717) is 53.2 Å². The summed E-state index contributed by atoms with van der Waals surface area (Å²) in [4.78, 5) is 20.8. The summed E-state index contributed by atoms with van der Waals surface area (Å²) in [6.45, 7) is 2.47. The van der Waals surface area contributed by atoms with Gasteiger partial charge in [0.05, 0.1) is 41.2 Å². The average Bonchev–Trinajstić information content (AvgIpc) is 2.95. The molecule has 39 heavy (non-hydrogen) atoms. The minimum atomic E-state index is -0.844. The van der Waals surface area contributed by atoms with Crippen LogP contribution in [0.1, 0.15) is 33.8 Å². The number of β-amino-alcohol motifs (C(OH)–C–C–N with tert-alkyl or cyclic N) is 1. The van der Waals surface area contributed by atoms with Gasteiger partial charge in [-0.25, -0.2) is 0 Å². The number of rotatable bonds is 11. The lowest BCUT2D eigenvalue weighted by atomic mass is 10.0. The first-order valence-electron chi connectivity index (χ1n) is 12.7. The van der Waals surface area contributed by atoms with Crippen LogP contribution in [-0.4, -0.2) is 83.7 Å². The Morgan fingerprint density at radius 1 is 1.08 bits per heavy atom. The van der Waals surface area contributed by atoms with Crippen molar-refractivity contribution in [2.24, 2.45) is 0 Å². The molecule has 1 fully saturated rings. The number of hydrogen-bond donors (Lipinski definition) is 4. The maximum Gasteiger partial charge on any atom is 0.252 e. The van der Waals surface area contributed by atoms with Gasteiger partial charge in [0.1, 0.15) is 18.5 Å². The molecule has 1 aliphatic heterocycles. The zero-order valence-corrected chi connectivity index (χ0v) is 22.9. The van der Waals surface area contributed by atoms with E-state index in [2.05, 4.69) is 20.1 Å². The molecule has 4 N–H and O–H groups in total. The second kappa shape index (κ2) is 13.9. The number of carbonyl (C=O) groups is 1. The highest BCUT2D eigenvalue weighted by Gasteiger charge is 2.31. The first-order valence-corrected chi connectivity index (χ1v) is 13.5. The zero-order chi connectivity index (χ0) is 27.8. The minimum Gasteiger partial charge on any atom is -0.491 e. The van der Waals surface area contributed by atoms with Gasteiger partial charge < -0.3 is 30.3 Å². The van der Waals surface area contributed by atoms with E-state index >= 15 is 0 Å². The number of amides is 1. The number of benzene rings is 2. The Kier molecular flexibility index (Phi) is 10.4. The first-order chi connectivity index (χ1) is 18.9. The predicted molar refractivity (Wildman–Crippen MR) is 151 cm³/mol. The summed E-state index contributed by atoms with van der Waals surface area (Å²) in [6.07, 6.45) is 0.582. The Morgan fingerprint density at radius 3 is 2.54 bits per heavy atom. The number of ether oxygens (including phenoxy) is 1. The fraction of sp³-hybridized carbons (Fsp3) is 0.357. The Balaban J connectivity index is 1.49. The van der Waals surface area contributed by atoms with Crippen LogP contribution in [0.4, 0.5) is 5.69 Å². The van der Waals surface area contributed by atoms with E-state index in [1.165, 1.54) is 6.20 Å². The molecule has 0 spiro atoms. The summed E-state index contributed by atoms with van der Waals surface area (Å²) in [5, 5.41) is 32.6. The topological polar surface area (TPSA) is 118 Å². The number of piperazine rings is 1. The van der Waals surface area contributed by atoms with Crippen LogP contribution in [-0.2, 0) is 0 Å². The lowest BCUT2D eigenvalue weighted by Gasteiger charge is -2.44. The van der Waals surface area contributed by atoms with E-state index in [1.54, 1.807) is 18.2 Å². The third kappa shape index (κ3) is 7.60. The normalized spacial score (nSPS) is 16.6. The molecule has 2 aromatic carbocycles. The monoisotopic (exact) mass is 574 g/mol. The number of pyridine rings is 1. The fourth-order valence-electron chi connectivity index (χ4n) is 4.58. The van der Waals surface area contributed by atoms with E-state index in [4.69, 9.17) is 38.2 Å². The smallest absolute Gasteiger partial charge is 0.252 e. The molecule has 1 amide bonds. The molecule has 4 rings (SSSR count). The van der Waals surface area contributed by atoms with Crippen molar-refractivity contribution in [3.8, 4) is 5.75 Å². The van der Waals surface area contributed by atoms with Crippen LogP contribution in [0.25, 0.3) is 0 Å². The maximum absolute atomic E-state index is 12.1. The summed E-state index contributed by atoms with van der Waals surface area (Å²) < 4.78 is 5.50. The first kappa shape index (κ1) is 29.1. The molecule has 0 bridgehead atoms. The molecule has 9 nitrogen and oxygen atoms in total. The van der Waals surface area contributed by atoms with Crippen LogP contribution >= 0.6 is 23.2 Å². The SMILES string of the molecule is O=C(NCCO)c1ccc([C@H](O)CN2CCN(c3ccc(OCCO)cc3Cl)[C@H](c3ccc(Cl)cc3)C2)nc1. The van der Waals surface area contributed by atoms with Gasteiger partial charge in [0.25, 0.3) is 5.91 Å². The van der Waals surface area contributed by atoms with Gasteiger partial charge in [-0.1, -0.05) is 35.3 Å². The van der Waals surface area contributed by atoms with Crippen LogP contribution in [0, 0.1) is 0 Å². The molecule has 0 radical (unpaired) electrons. The van der Waals surface area contributed by atoms with Gasteiger partial charge in [0.2, 0.25) is 0 Å². The summed E-state index contributed by atoms with van der Waals surface area (Å²) in [5.41, 5.74) is 2.76. The van der Waals surface area contributed by atoms with Gasteiger partial charge in [0.15, 0.2) is 0 Å². The molecule has 1 aromatic heterocycles. The largest absolute Gasteiger partial charge is 0.491 e. The number of halogens is 2. The fourth-order valence-corrected chi connectivity index (χ4v) is 4.99. The number of nitrogens with one attached hydrogen (secondary N) is 1. The number of nitrogens with zero attached hydrogens (tertiary/aromatic N) is 3. The molecule has 11 heteroatoms. The number of aliphatic hydroxyl groups is 3. The Hall–Kier alpha value is -2.92. The highest BCUT2D eigenvalue weighted by Crippen LogP contribution is 2.37. The summed E-state index contributed by atoms with van der Waals surface area (Å²) in [5.74, 6) is 0.262. The van der Waals surface area contributed by atoms with Crippen molar-refractivity contribution in [2.75, 3.05) is 57.4 Å². The maximum atomic E-state index is 12.1. The van der Waals surface area contributed by atoms with Gasteiger partial charge in [-0.15, -0.1) is 0 Å². The molecule has 0 aliphatic carbocycles. The number of anilines is 1. The van der Waals surface area contributed by atoms with Crippen molar-refractivity contribution in [2.45, 2.75) is 12.1 Å². The quantitative estimate of drug-likeness (QED) is 0.276. The molecule has 0 saturated carbocycles. The lowest BCUT2D eigenvalue weighted by Crippen LogP contribution is -2.49. The second-order valence-electron chi connectivity index (χ2n) is 9.17. The van der Waals surface area contributed by atoms with Crippen molar-refractivity contribution in [1.82, 2.24) is 15.2 Å². The van der Waals surface area contributed by atoms with E-state index in [9.17, 15) is 9.90 Å². The van der Waals surface area contributed by atoms with Gasteiger partial charge in [0, 0.05) is 50.0 Å². The molecule has 2 heterocycles. The number of aliphatic hydroxyl groups excluding tert-OH is 3. The van der Waals surface area contributed by atoms with Crippen molar-refractivity contribution in [3.05, 3.63) is 87.7 Å². The highest BCUT2D eigenvalue weighted by molar-refractivity contribution is 6.33. The molecule has 1 saturated heterocycles. The van der Waals surface area contributed by atoms with Crippen LogP contribution in [0.15, 0.2) is 60.8 Å². The molecule has 2 atom stereocenters. The van der Waals surface area contributed by atoms with Gasteiger partial charge in [-0.2, -0.15) is 0 Å². The van der Waals surface area contributed by atoms with Gasteiger partial charge in [-0.3, -0.25) is 14.7 Å². The van der Waals surface area contributed by atoms with E-state index in [-0.39, 0.29) is 38.3 Å². The second-order valence-corrected chi connectivity index (χ2v) is 10.0. The molecule has 1 aliphatic rings. The Morgan fingerprint density at radius 2 is 1.87 bits per heavy atom. The lowest BCUT2D eigenvalue weighted by molar-refractivity contribution is 0.0937. The molecular formula is C28H32Cl2N4O5. The van der Waals surface area contributed by atoms with E-state index in [0.717, 1.165) is 11.3 Å². The number of carbonyl (C=O) groups excluding carboxylic acids is 1. The molecular weight excluding hydrogens is 543 g/mol. The van der Waals surface area contributed by atoms with Crippen LogP contribution in [0.2, 0.25) is 10.0 Å². The van der Waals surface area contributed by atoms with E-state index in [1.807, 2.05) is 36.4 Å². The number of hydrogen-bond acceptors (Lipinski definition) is 8. The summed E-state index contributed by atoms with van der Waals surface area (Å²) in [7, 11) is 0. The van der Waals surface area contributed by atoms with Crippen LogP contribution in [0.5, 0.6) is 5.75 Å². The summed E-state index contributed by atoms with van der Waals surface area (Å²) in [6, 6.07) is 16.4. The van der Waals surface area contributed by atoms with Crippen molar-refractivity contribution in [3.63, 3.8) is 0 Å². The average molecular weight is 575 g/mol. The zero-order valence-electron chi connectivity index (χ0n) is 21.3. The third-order valence-corrected chi connectivity index (χ3v) is 7.08. The third-order valence-electron chi connectivity index (χ3n) is 6.53. The molecule has 208 valence electrons. The standard InChI is InChI=1S/C28H32Cl2N4O5/c29-21-4-1-19(2-5-21)26-17-33(10-11-34(26)25-8-6-22(15-23(25)30)39-14-13-36)18-27(37)24-7-3-20(16-32-24)28(38)31-9-12-35/h1-8,15-16,26-27,35-37H,9-14,17-18H2,(H,31,38)/t26-,27+/m0/s1. The van der Waals surface area contributed by atoms with Crippen molar-refractivity contribution >= 4 is 34.8 Å². The number of aromatic nitrogens is 1. The van der Waals surface area contributed by atoms with Crippen LogP contribution in [0.3, 0.4) is 0 Å². The minimum absolute atomic E-state index is 0.0597. The molecule has 3 aromatic rings. The molecule has 0 unspecified atom stereocenters. The van der Waals surface area contributed by atoms with Crippen molar-refractivity contribution < 1.29 is 24.9 Å². The van der Waals surface area contributed by atoms with Gasteiger partial charge >= 0.3 is 0 Å². The Labute approximate surface area is 237 Å². The van der Waals surface area contributed by atoms with Crippen molar-refractivity contribution in [1.29, 1.82) is 0 Å². The Bertz CT molecular complexity index is 1230.